The van der Waals surface area contributed by atoms with Gasteiger partial charge in [-0.2, -0.15) is 4.98 Å². The van der Waals surface area contributed by atoms with Crippen LogP contribution in [0.4, 0.5) is 0 Å². The maximum atomic E-state index is 12.8. The standard InChI is InChI=1S/C21H22N2O8S/c1-12(24)28-11-16-18(29-13(2)25)19(30-14(3)26)20(31-16)23-10-9-17(22-21(23)27)32-15-7-5-4-6-8-15/h4-10,16,18-20H,11H2,1-3H3/t16-,18-,19-,20-/m1/s1. The summed E-state index contributed by atoms with van der Waals surface area (Å²) in [5.41, 5.74) is -0.650. The van der Waals surface area contributed by atoms with Gasteiger partial charge >= 0.3 is 23.6 Å². The van der Waals surface area contributed by atoms with Gasteiger partial charge in [-0.05, 0) is 18.2 Å². The Bertz CT molecular complexity index is 1040. The Labute approximate surface area is 187 Å². The van der Waals surface area contributed by atoms with Gasteiger partial charge in [0.05, 0.1) is 0 Å². The molecule has 0 N–H and O–H groups in total. The molecule has 1 aromatic heterocycles. The highest BCUT2D eigenvalue weighted by atomic mass is 32.2. The first-order valence-corrected chi connectivity index (χ1v) is 10.5. The monoisotopic (exact) mass is 462 g/mol. The smallest absolute Gasteiger partial charge is 0.350 e. The van der Waals surface area contributed by atoms with E-state index in [9.17, 15) is 19.2 Å². The SMILES string of the molecule is CC(=O)OC[C@H]1O[C@@H](n2ccc(Sc3ccccc3)nc2=O)[C@H](OC(C)=O)[C@@H]1OC(C)=O. The van der Waals surface area contributed by atoms with E-state index >= 15 is 0 Å². The molecule has 2 aromatic rings. The number of carbonyl (C=O) groups is 3. The molecule has 4 atom stereocenters. The Hall–Kier alpha value is -3.18. The molecule has 1 aliphatic rings. The lowest BCUT2D eigenvalue weighted by Crippen LogP contribution is -2.41. The average Bonchev–Trinajstić information content (AvgIpc) is 3.03. The second kappa shape index (κ2) is 10.4. The largest absolute Gasteiger partial charge is 0.463 e. The van der Waals surface area contributed by atoms with E-state index in [2.05, 4.69) is 4.98 Å². The average molecular weight is 462 g/mol. The van der Waals surface area contributed by atoms with Crippen molar-refractivity contribution in [3.8, 4) is 0 Å². The number of carbonyl (C=O) groups excluding carboxylic acids is 3. The highest BCUT2D eigenvalue weighted by Crippen LogP contribution is 2.34. The van der Waals surface area contributed by atoms with E-state index < -0.39 is 48.1 Å². The van der Waals surface area contributed by atoms with Crippen molar-refractivity contribution in [2.75, 3.05) is 6.61 Å². The van der Waals surface area contributed by atoms with Crippen molar-refractivity contribution in [3.63, 3.8) is 0 Å². The fourth-order valence-corrected chi connectivity index (χ4v) is 3.96. The summed E-state index contributed by atoms with van der Waals surface area (Å²) >= 11 is 1.31. The van der Waals surface area contributed by atoms with Gasteiger partial charge in [0.15, 0.2) is 18.4 Å². The first-order chi connectivity index (χ1) is 15.2. The maximum Gasteiger partial charge on any atom is 0.350 e. The van der Waals surface area contributed by atoms with Gasteiger partial charge in [-0.15, -0.1) is 0 Å². The van der Waals surface area contributed by atoms with Gasteiger partial charge in [0.1, 0.15) is 17.7 Å². The zero-order valence-electron chi connectivity index (χ0n) is 17.6. The van der Waals surface area contributed by atoms with Crippen LogP contribution < -0.4 is 5.69 Å². The lowest BCUT2D eigenvalue weighted by Gasteiger charge is -2.23. The van der Waals surface area contributed by atoms with Crippen LogP contribution in [0.3, 0.4) is 0 Å². The van der Waals surface area contributed by atoms with Crippen LogP contribution in [0.15, 0.2) is 57.3 Å². The molecule has 1 saturated heterocycles. The minimum atomic E-state index is -1.15. The molecule has 170 valence electrons. The Morgan fingerprint density at radius 2 is 1.66 bits per heavy atom. The molecule has 1 fully saturated rings. The Morgan fingerprint density at radius 1 is 1.00 bits per heavy atom. The summed E-state index contributed by atoms with van der Waals surface area (Å²) in [6, 6.07) is 11.0. The van der Waals surface area contributed by atoms with Gasteiger partial charge < -0.3 is 18.9 Å². The van der Waals surface area contributed by atoms with Crippen molar-refractivity contribution in [1.29, 1.82) is 0 Å². The second-order valence-electron chi connectivity index (χ2n) is 6.89. The third-order valence-electron chi connectivity index (χ3n) is 4.38. The van der Waals surface area contributed by atoms with Crippen LogP contribution in [0, 0.1) is 0 Å². The molecule has 2 heterocycles. The Morgan fingerprint density at radius 3 is 2.25 bits per heavy atom. The summed E-state index contributed by atoms with van der Waals surface area (Å²) in [4.78, 5) is 52.3. The number of aromatic nitrogens is 2. The zero-order valence-corrected chi connectivity index (χ0v) is 18.4. The molecule has 11 heteroatoms. The van der Waals surface area contributed by atoms with E-state index in [0.717, 1.165) is 9.46 Å². The minimum absolute atomic E-state index is 0.258. The number of nitrogens with zero attached hydrogens (tertiary/aromatic N) is 2. The molecule has 1 aliphatic heterocycles. The Kier molecular flexibility index (Phi) is 7.65. The van der Waals surface area contributed by atoms with Crippen LogP contribution in [0.1, 0.15) is 27.0 Å². The quantitative estimate of drug-likeness (QED) is 0.341. The molecule has 0 bridgehead atoms. The predicted octanol–water partition coefficient (Wildman–Crippen LogP) is 1.72. The summed E-state index contributed by atoms with van der Waals surface area (Å²) in [7, 11) is 0. The summed E-state index contributed by atoms with van der Waals surface area (Å²) in [5.74, 6) is -1.88. The number of ether oxygens (including phenoxy) is 4. The van der Waals surface area contributed by atoms with E-state index in [1.54, 1.807) is 6.07 Å². The van der Waals surface area contributed by atoms with E-state index in [-0.39, 0.29) is 6.61 Å². The third-order valence-corrected chi connectivity index (χ3v) is 5.33. The summed E-state index contributed by atoms with van der Waals surface area (Å²) in [5, 5.41) is 0.465. The van der Waals surface area contributed by atoms with Crippen molar-refractivity contribution < 1.29 is 33.3 Å². The van der Waals surface area contributed by atoms with Crippen LogP contribution in [-0.2, 0) is 33.3 Å². The van der Waals surface area contributed by atoms with Crippen molar-refractivity contribution in [1.82, 2.24) is 9.55 Å². The number of benzene rings is 1. The second-order valence-corrected chi connectivity index (χ2v) is 7.98. The lowest BCUT2D eigenvalue weighted by atomic mass is 10.1. The fraction of sp³-hybridized carbons (Fsp3) is 0.381. The molecule has 0 spiro atoms. The van der Waals surface area contributed by atoms with Gasteiger partial charge in [-0.3, -0.25) is 19.0 Å². The molecule has 0 aliphatic carbocycles. The summed E-state index contributed by atoms with van der Waals surface area (Å²) < 4.78 is 22.6. The van der Waals surface area contributed by atoms with Gasteiger partial charge in [-0.25, -0.2) is 4.79 Å². The number of hydrogen-bond donors (Lipinski definition) is 0. The van der Waals surface area contributed by atoms with Crippen molar-refractivity contribution in [2.24, 2.45) is 0 Å². The normalized spacial score (nSPS) is 22.2. The van der Waals surface area contributed by atoms with Crippen LogP contribution in [-0.4, -0.2) is 52.4 Å². The number of rotatable bonds is 7. The highest BCUT2D eigenvalue weighted by molar-refractivity contribution is 7.99. The topological polar surface area (TPSA) is 123 Å². The lowest BCUT2D eigenvalue weighted by molar-refractivity contribution is -0.166. The van der Waals surface area contributed by atoms with Crippen molar-refractivity contribution in [2.45, 2.75) is 55.2 Å². The summed E-state index contributed by atoms with van der Waals surface area (Å²) in [6.07, 6.45) is -2.88. The Balaban J connectivity index is 1.90. The van der Waals surface area contributed by atoms with Crippen molar-refractivity contribution in [3.05, 3.63) is 53.1 Å². The van der Waals surface area contributed by atoms with Crippen LogP contribution in [0.2, 0.25) is 0 Å². The highest BCUT2D eigenvalue weighted by Gasteiger charge is 2.50. The first-order valence-electron chi connectivity index (χ1n) is 9.70. The van der Waals surface area contributed by atoms with Gasteiger partial charge in [0.2, 0.25) is 0 Å². The van der Waals surface area contributed by atoms with E-state index in [1.807, 2.05) is 30.3 Å². The zero-order chi connectivity index (χ0) is 23.3. The van der Waals surface area contributed by atoms with E-state index in [4.69, 9.17) is 18.9 Å². The molecule has 0 saturated carbocycles. The van der Waals surface area contributed by atoms with E-state index in [1.165, 1.54) is 38.7 Å². The molecule has 10 nitrogen and oxygen atoms in total. The van der Waals surface area contributed by atoms with Crippen LogP contribution >= 0.6 is 11.8 Å². The van der Waals surface area contributed by atoms with Crippen LogP contribution in [0.5, 0.6) is 0 Å². The third kappa shape index (κ3) is 5.95. The van der Waals surface area contributed by atoms with E-state index in [0.29, 0.717) is 5.03 Å². The fourth-order valence-electron chi connectivity index (χ4n) is 3.17. The molecular formula is C21H22N2O8S. The summed E-state index contributed by atoms with van der Waals surface area (Å²) in [6.45, 7) is 3.33. The number of hydrogen-bond acceptors (Lipinski definition) is 10. The van der Waals surface area contributed by atoms with Crippen LogP contribution in [0.25, 0.3) is 0 Å². The molecule has 1 aromatic carbocycles. The van der Waals surface area contributed by atoms with Gasteiger partial charge in [0, 0.05) is 31.9 Å². The maximum absolute atomic E-state index is 12.8. The minimum Gasteiger partial charge on any atom is -0.463 e. The first kappa shape index (κ1) is 23.5. The molecule has 0 amide bonds. The predicted molar refractivity (Wildman–Crippen MR) is 111 cm³/mol. The molecule has 3 rings (SSSR count). The molecule has 0 unspecified atom stereocenters. The van der Waals surface area contributed by atoms with Gasteiger partial charge in [-0.1, -0.05) is 30.0 Å². The number of esters is 3. The molecule has 0 radical (unpaired) electrons. The molecular weight excluding hydrogens is 440 g/mol. The molecule has 32 heavy (non-hydrogen) atoms. The van der Waals surface area contributed by atoms with Gasteiger partial charge in [0.25, 0.3) is 0 Å². The van der Waals surface area contributed by atoms with Crippen molar-refractivity contribution >= 4 is 29.7 Å².